The lowest BCUT2D eigenvalue weighted by Crippen LogP contribution is -2.27. The van der Waals surface area contributed by atoms with Crippen molar-refractivity contribution in [1.29, 1.82) is 0 Å². The van der Waals surface area contributed by atoms with Crippen LogP contribution in [0.5, 0.6) is 0 Å². The summed E-state index contributed by atoms with van der Waals surface area (Å²) in [4.78, 5) is 7.17. The average Bonchev–Trinajstić information content (AvgIpc) is 2.50. The van der Waals surface area contributed by atoms with Gasteiger partial charge in [-0.3, -0.25) is 0 Å². The van der Waals surface area contributed by atoms with Gasteiger partial charge in [0.05, 0.1) is 0 Å². The van der Waals surface area contributed by atoms with Crippen molar-refractivity contribution in [2.24, 2.45) is 11.1 Å². The first kappa shape index (κ1) is 15.3. The number of rotatable bonds is 3. The van der Waals surface area contributed by atoms with Crippen molar-refractivity contribution in [3.05, 3.63) is 23.4 Å². The highest BCUT2D eigenvalue weighted by atomic mass is 15.2. The fourth-order valence-electron chi connectivity index (χ4n) is 3.07. The largest absolute Gasteiger partial charge is 0.356 e. The molecule has 112 valence electrons. The molecule has 0 amide bonds. The maximum Gasteiger partial charge on any atom is 0.131 e. The van der Waals surface area contributed by atoms with E-state index >= 15 is 0 Å². The van der Waals surface area contributed by atoms with E-state index in [1.54, 1.807) is 0 Å². The summed E-state index contributed by atoms with van der Waals surface area (Å²) >= 11 is 0. The second kappa shape index (κ2) is 6.13. The molecule has 3 nitrogen and oxygen atoms in total. The maximum atomic E-state index is 5.87. The van der Waals surface area contributed by atoms with Gasteiger partial charge in [0.1, 0.15) is 5.82 Å². The molecule has 0 saturated carbocycles. The van der Waals surface area contributed by atoms with Crippen LogP contribution < -0.4 is 10.6 Å². The fraction of sp³-hybridized carbons (Fsp3) is 0.706. The second-order valence-electron chi connectivity index (χ2n) is 7.17. The molecular weight excluding hydrogens is 246 g/mol. The molecule has 0 aromatic carbocycles. The first-order valence-electron chi connectivity index (χ1n) is 7.83. The van der Waals surface area contributed by atoms with Crippen LogP contribution in [0.2, 0.25) is 0 Å². The molecule has 2 rings (SSSR count). The summed E-state index contributed by atoms with van der Waals surface area (Å²) in [5, 5.41) is 0. The van der Waals surface area contributed by atoms with E-state index in [1.807, 2.05) is 13.1 Å². The molecule has 0 radical (unpaired) electrons. The Balaban J connectivity index is 2.12. The Hall–Kier alpha value is -1.09. The van der Waals surface area contributed by atoms with Gasteiger partial charge in [-0.1, -0.05) is 19.9 Å². The highest BCUT2D eigenvalue weighted by Gasteiger charge is 2.24. The third-order valence-electron chi connectivity index (χ3n) is 4.30. The van der Waals surface area contributed by atoms with Crippen LogP contribution in [-0.2, 0) is 6.42 Å². The van der Waals surface area contributed by atoms with Gasteiger partial charge in [0.15, 0.2) is 0 Å². The molecule has 1 atom stereocenters. The van der Waals surface area contributed by atoms with Gasteiger partial charge in [-0.15, -0.1) is 0 Å². The van der Waals surface area contributed by atoms with Crippen molar-refractivity contribution in [3.63, 3.8) is 0 Å². The molecule has 0 spiro atoms. The lowest BCUT2D eigenvalue weighted by molar-refractivity contribution is 0.325. The zero-order chi connectivity index (χ0) is 14.8. The van der Waals surface area contributed by atoms with E-state index in [0.717, 1.165) is 25.3 Å². The Kier molecular flexibility index (Phi) is 4.69. The van der Waals surface area contributed by atoms with Crippen LogP contribution in [0.15, 0.2) is 12.3 Å². The third-order valence-corrected chi connectivity index (χ3v) is 4.30. The van der Waals surface area contributed by atoms with E-state index in [1.165, 1.54) is 30.4 Å². The molecule has 1 aromatic rings. The average molecular weight is 275 g/mol. The highest BCUT2D eigenvalue weighted by Crippen LogP contribution is 2.32. The Labute approximate surface area is 123 Å². The van der Waals surface area contributed by atoms with Gasteiger partial charge in [-0.2, -0.15) is 0 Å². The van der Waals surface area contributed by atoms with Crippen molar-refractivity contribution in [3.8, 4) is 0 Å². The third kappa shape index (κ3) is 3.95. The number of hydrogen-bond acceptors (Lipinski definition) is 3. The van der Waals surface area contributed by atoms with E-state index < -0.39 is 0 Å². The topological polar surface area (TPSA) is 42.1 Å². The maximum absolute atomic E-state index is 5.87. The molecule has 1 aliphatic heterocycles. The van der Waals surface area contributed by atoms with E-state index in [4.69, 9.17) is 10.7 Å². The predicted molar refractivity (Wildman–Crippen MR) is 86.2 cm³/mol. The number of aromatic nitrogens is 1. The van der Waals surface area contributed by atoms with Crippen LogP contribution in [0.3, 0.4) is 0 Å². The molecule has 1 aliphatic rings. The summed E-state index contributed by atoms with van der Waals surface area (Å²) in [6, 6.07) is 2.45. The van der Waals surface area contributed by atoms with E-state index in [9.17, 15) is 0 Å². The van der Waals surface area contributed by atoms with Crippen LogP contribution in [-0.4, -0.2) is 24.1 Å². The summed E-state index contributed by atoms with van der Waals surface area (Å²) in [7, 11) is 0. The van der Waals surface area contributed by atoms with Gasteiger partial charge in [0.2, 0.25) is 0 Å². The van der Waals surface area contributed by atoms with Crippen molar-refractivity contribution < 1.29 is 0 Å². The summed E-state index contributed by atoms with van der Waals surface area (Å²) in [5.74, 6) is 1.16. The van der Waals surface area contributed by atoms with E-state index in [0.29, 0.717) is 5.41 Å². The first-order chi connectivity index (χ1) is 9.37. The van der Waals surface area contributed by atoms with Crippen molar-refractivity contribution >= 4 is 5.82 Å². The number of anilines is 1. The zero-order valence-corrected chi connectivity index (χ0v) is 13.4. The standard InChI is InChI=1S/C17H29N3/c1-13-10-15(11-14(2)18)12-19-16(13)20-8-5-6-17(3,4)7-9-20/h10,12,14H,5-9,11,18H2,1-4H3. The van der Waals surface area contributed by atoms with Crippen LogP contribution in [0.25, 0.3) is 0 Å². The van der Waals surface area contributed by atoms with Gasteiger partial charge in [0, 0.05) is 25.3 Å². The molecule has 1 unspecified atom stereocenters. The van der Waals surface area contributed by atoms with Crippen molar-refractivity contribution in [2.45, 2.75) is 59.4 Å². The summed E-state index contributed by atoms with van der Waals surface area (Å²) < 4.78 is 0. The van der Waals surface area contributed by atoms with Crippen LogP contribution in [0.4, 0.5) is 5.82 Å². The van der Waals surface area contributed by atoms with Crippen molar-refractivity contribution in [2.75, 3.05) is 18.0 Å². The normalized spacial score (nSPS) is 20.6. The van der Waals surface area contributed by atoms with Crippen LogP contribution in [0, 0.1) is 12.3 Å². The molecular formula is C17H29N3. The minimum Gasteiger partial charge on any atom is -0.356 e. The minimum absolute atomic E-state index is 0.195. The Morgan fingerprint density at radius 2 is 2.10 bits per heavy atom. The second-order valence-corrected chi connectivity index (χ2v) is 7.17. The van der Waals surface area contributed by atoms with Gasteiger partial charge in [-0.25, -0.2) is 4.98 Å². The molecule has 0 bridgehead atoms. The first-order valence-corrected chi connectivity index (χ1v) is 7.83. The van der Waals surface area contributed by atoms with E-state index in [-0.39, 0.29) is 6.04 Å². The molecule has 3 heteroatoms. The molecule has 20 heavy (non-hydrogen) atoms. The van der Waals surface area contributed by atoms with Gasteiger partial charge in [-0.05, 0) is 56.1 Å². The van der Waals surface area contributed by atoms with Crippen LogP contribution >= 0.6 is 0 Å². The Morgan fingerprint density at radius 3 is 2.75 bits per heavy atom. The molecule has 0 aliphatic carbocycles. The number of nitrogens with two attached hydrogens (primary N) is 1. The molecule has 2 N–H and O–H groups in total. The highest BCUT2D eigenvalue weighted by molar-refractivity contribution is 5.47. The summed E-state index contributed by atoms with van der Waals surface area (Å²) in [5.41, 5.74) is 8.86. The van der Waals surface area contributed by atoms with Crippen molar-refractivity contribution in [1.82, 2.24) is 4.98 Å². The molecule has 1 aromatic heterocycles. The lowest BCUT2D eigenvalue weighted by Gasteiger charge is -2.25. The number of hydrogen-bond donors (Lipinski definition) is 1. The SMILES string of the molecule is Cc1cc(CC(C)N)cnc1N1CCCC(C)(C)CC1. The minimum atomic E-state index is 0.195. The zero-order valence-electron chi connectivity index (χ0n) is 13.4. The van der Waals surface area contributed by atoms with Gasteiger partial charge < -0.3 is 10.6 Å². The monoisotopic (exact) mass is 275 g/mol. The quantitative estimate of drug-likeness (QED) is 0.920. The number of nitrogens with zero attached hydrogens (tertiary/aromatic N) is 2. The Bertz CT molecular complexity index is 452. The summed E-state index contributed by atoms with van der Waals surface area (Å²) in [6.45, 7) is 11.2. The van der Waals surface area contributed by atoms with Gasteiger partial charge >= 0.3 is 0 Å². The fourth-order valence-corrected chi connectivity index (χ4v) is 3.07. The van der Waals surface area contributed by atoms with E-state index in [2.05, 4.69) is 31.7 Å². The molecule has 1 saturated heterocycles. The van der Waals surface area contributed by atoms with Gasteiger partial charge in [0.25, 0.3) is 0 Å². The summed E-state index contributed by atoms with van der Waals surface area (Å²) in [6.07, 6.45) is 6.72. The predicted octanol–water partition coefficient (Wildman–Crippen LogP) is 3.30. The number of aryl methyl sites for hydroxylation is 1. The van der Waals surface area contributed by atoms with Crippen LogP contribution in [0.1, 0.15) is 51.2 Å². The lowest BCUT2D eigenvalue weighted by atomic mass is 9.85. The Morgan fingerprint density at radius 1 is 1.35 bits per heavy atom. The smallest absolute Gasteiger partial charge is 0.131 e. The number of pyridine rings is 1. The molecule has 1 fully saturated rings. The molecule has 2 heterocycles.